The van der Waals surface area contributed by atoms with Crippen LogP contribution in [0.1, 0.15) is 5.56 Å². The van der Waals surface area contributed by atoms with Gasteiger partial charge >= 0.3 is 105 Å². The van der Waals surface area contributed by atoms with E-state index in [2.05, 4.69) is 0 Å². The second-order valence-electron chi connectivity index (χ2n) is 2.54. The number of carboxylic acid groups (broad SMARTS) is 2. The Bertz CT molecular complexity index is 299. The summed E-state index contributed by atoms with van der Waals surface area (Å²) in [6, 6.07) is 9.27. The zero-order valence-corrected chi connectivity index (χ0v) is 15.9. The maximum absolute atomic E-state index is 10.4. The Hall–Kier alpha value is 0.185. The SMILES string of the molecule is O=C(O)O.[Na+].[O]=[Hg]([O-])[CH2]c1ccccc1. The molecule has 5 nitrogen and oxygen atoms in total. The van der Waals surface area contributed by atoms with Crippen molar-refractivity contribution in [2.45, 2.75) is 3.93 Å². The molecule has 0 aliphatic carbocycles. The molecule has 0 saturated carbocycles. The fourth-order valence-corrected chi connectivity index (χ4v) is 4.01. The zero-order valence-electron chi connectivity index (χ0n) is 8.42. The second kappa shape index (κ2) is 10.7. The van der Waals surface area contributed by atoms with Crippen LogP contribution in [0.2, 0.25) is 0 Å². The third kappa shape index (κ3) is 14.2. The van der Waals surface area contributed by atoms with Gasteiger partial charge in [-0.3, -0.25) is 0 Å². The molecule has 7 heteroatoms. The summed E-state index contributed by atoms with van der Waals surface area (Å²) in [7, 11) is 0. The minimum atomic E-state index is -3.67. The average Bonchev–Trinajstić information content (AvgIpc) is 2.03. The van der Waals surface area contributed by atoms with Gasteiger partial charge in [-0.2, -0.15) is 0 Å². The van der Waals surface area contributed by atoms with Crippen LogP contribution >= 0.6 is 0 Å². The number of hydrogen-bond acceptors (Lipinski definition) is 3. The second-order valence-corrected chi connectivity index (χ2v) is 8.58. The Kier molecular flexibility index (Phi) is 12.5. The van der Waals surface area contributed by atoms with Gasteiger partial charge in [-0.05, 0) is 0 Å². The van der Waals surface area contributed by atoms with Crippen LogP contribution in [0.4, 0.5) is 4.79 Å². The Balaban J connectivity index is 0. The molecule has 0 spiro atoms. The van der Waals surface area contributed by atoms with Gasteiger partial charge in [-0.1, -0.05) is 0 Å². The normalized spacial score (nSPS) is 7.20. The fraction of sp³-hybridized carbons (Fsp3) is 0.125. The Morgan fingerprint density at radius 1 is 1.27 bits per heavy atom. The molecule has 1 aromatic rings. The first-order valence-electron chi connectivity index (χ1n) is 3.99. The van der Waals surface area contributed by atoms with Gasteiger partial charge in [0.25, 0.3) is 0 Å². The zero-order chi connectivity index (χ0) is 11.0. The van der Waals surface area contributed by atoms with E-state index < -0.39 is 29.7 Å². The van der Waals surface area contributed by atoms with E-state index in [1.807, 2.05) is 30.3 Å². The summed E-state index contributed by atoms with van der Waals surface area (Å²) in [5.41, 5.74) is 0.920. The fourth-order valence-electron chi connectivity index (χ4n) is 0.880. The van der Waals surface area contributed by atoms with E-state index in [-0.39, 0.29) is 29.6 Å². The molecule has 1 aromatic carbocycles. The third-order valence-corrected chi connectivity index (χ3v) is 5.17. The number of carbonyl (C=O) groups is 1. The Morgan fingerprint density at radius 2 is 1.67 bits per heavy atom. The predicted octanol–water partition coefficient (Wildman–Crippen LogP) is -2.35. The molecule has 0 radical (unpaired) electrons. The van der Waals surface area contributed by atoms with E-state index in [0.717, 1.165) is 5.56 Å². The van der Waals surface area contributed by atoms with Crippen molar-refractivity contribution in [2.24, 2.45) is 0 Å². The van der Waals surface area contributed by atoms with Gasteiger partial charge in [-0.15, -0.1) is 0 Å². The molecule has 2 N–H and O–H groups in total. The number of rotatable bonds is 2. The standard InChI is InChI=1S/C7H7.CH2O3.Hg.Na.2O/c1-7-5-3-2-4-6-7;2-1(3)4;;;;/h2-6H,1H2;(H2,2,3,4);;;;/q;;;+1;;-1. The van der Waals surface area contributed by atoms with Crippen molar-refractivity contribution in [3.05, 3.63) is 35.9 Å². The summed E-state index contributed by atoms with van der Waals surface area (Å²) < 4.78 is 21.1. The number of hydrogen-bond donors (Lipinski definition) is 2. The van der Waals surface area contributed by atoms with Crippen LogP contribution in [0, 0.1) is 0 Å². The summed E-state index contributed by atoms with van der Waals surface area (Å²) in [6.45, 7) is 0. The molecule has 0 fully saturated rings. The first-order chi connectivity index (χ1) is 6.52. The third-order valence-electron chi connectivity index (χ3n) is 1.34. The van der Waals surface area contributed by atoms with E-state index in [0.29, 0.717) is 3.93 Å². The van der Waals surface area contributed by atoms with Gasteiger partial charge in [0.15, 0.2) is 0 Å². The molecule has 0 atom stereocenters. The van der Waals surface area contributed by atoms with E-state index in [9.17, 15) is 5.66 Å². The van der Waals surface area contributed by atoms with Crippen molar-refractivity contribution in [3.8, 4) is 0 Å². The summed E-state index contributed by atoms with van der Waals surface area (Å²) in [5, 5.41) is 13.9. The molecule has 0 aliphatic heterocycles. The first-order valence-corrected chi connectivity index (χ1v) is 12.4. The molecule has 0 unspecified atom stereocenters. The molecular formula is C8H9HgNaO5. The van der Waals surface area contributed by atoms with Gasteiger partial charge in [0.1, 0.15) is 0 Å². The minimum absolute atomic E-state index is 0. The first kappa shape index (κ1) is 17.6. The maximum atomic E-state index is 10.4. The Labute approximate surface area is 118 Å². The topological polar surface area (TPSA) is 97.7 Å². The van der Waals surface area contributed by atoms with E-state index in [1.165, 1.54) is 0 Å². The van der Waals surface area contributed by atoms with Gasteiger partial charge in [0, 0.05) is 0 Å². The molecule has 15 heavy (non-hydrogen) atoms. The van der Waals surface area contributed by atoms with Crippen molar-refractivity contribution < 1.29 is 73.7 Å². The quantitative estimate of drug-likeness (QED) is 0.534. The van der Waals surface area contributed by atoms with Crippen molar-refractivity contribution in [2.75, 3.05) is 0 Å². The molecule has 0 amide bonds. The molecule has 0 aromatic heterocycles. The summed E-state index contributed by atoms with van der Waals surface area (Å²) in [4.78, 5) is 8.56. The van der Waals surface area contributed by atoms with Crippen LogP contribution in [0.25, 0.3) is 0 Å². The molecule has 0 heterocycles. The van der Waals surface area contributed by atoms with E-state index in [1.54, 1.807) is 0 Å². The molecule has 0 aliphatic rings. The number of benzene rings is 1. The molecule has 0 saturated heterocycles. The molecular weight excluding hydrogens is 400 g/mol. The predicted molar refractivity (Wildman–Crippen MR) is 41.5 cm³/mol. The van der Waals surface area contributed by atoms with Crippen LogP contribution in [-0.4, -0.2) is 16.4 Å². The summed E-state index contributed by atoms with van der Waals surface area (Å²) in [5.74, 6) is 0. The molecule has 1 rings (SSSR count). The van der Waals surface area contributed by atoms with Crippen LogP contribution in [0.15, 0.2) is 30.3 Å². The van der Waals surface area contributed by atoms with Gasteiger partial charge in [-0.25, -0.2) is 4.79 Å². The van der Waals surface area contributed by atoms with Gasteiger partial charge < -0.3 is 10.2 Å². The van der Waals surface area contributed by atoms with Crippen LogP contribution in [0.5, 0.6) is 0 Å². The van der Waals surface area contributed by atoms with Crippen LogP contribution < -0.4 is 32.6 Å². The van der Waals surface area contributed by atoms with Crippen molar-refractivity contribution >= 4 is 6.16 Å². The van der Waals surface area contributed by atoms with Crippen molar-refractivity contribution in [1.29, 1.82) is 0 Å². The summed E-state index contributed by atoms with van der Waals surface area (Å²) >= 11 is -3.67. The average molecular weight is 409 g/mol. The van der Waals surface area contributed by atoms with Crippen LogP contribution in [-0.2, 0) is 30.1 Å². The summed E-state index contributed by atoms with van der Waals surface area (Å²) in [6.07, 6.45) is -1.83. The van der Waals surface area contributed by atoms with Crippen LogP contribution in [0.3, 0.4) is 0 Å². The Morgan fingerprint density at radius 3 is 2.00 bits per heavy atom. The van der Waals surface area contributed by atoms with Crippen molar-refractivity contribution in [1.82, 2.24) is 0 Å². The van der Waals surface area contributed by atoms with Gasteiger partial charge in [0.2, 0.25) is 0 Å². The van der Waals surface area contributed by atoms with Gasteiger partial charge in [0.05, 0.1) is 0 Å². The van der Waals surface area contributed by atoms with E-state index in [4.69, 9.17) is 15.0 Å². The monoisotopic (exact) mass is 410 g/mol. The van der Waals surface area contributed by atoms with E-state index >= 15 is 0 Å². The molecule has 0 bridgehead atoms. The van der Waals surface area contributed by atoms with Crippen molar-refractivity contribution in [3.63, 3.8) is 0 Å². The molecule has 74 valence electrons.